The highest BCUT2D eigenvalue weighted by Crippen LogP contribution is 2.23. The Morgan fingerprint density at radius 3 is 2.11 bits per heavy atom. The zero-order valence-electron chi connectivity index (χ0n) is 16.1. The van der Waals surface area contributed by atoms with E-state index in [1.54, 1.807) is 16.3 Å². The van der Waals surface area contributed by atoms with Crippen molar-refractivity contribution in [3.8, 4) is 0 Å². The number of fused-ring (bicyclic) bond motifs is 1. The molecule has 0 N–H and O–H groups in total. The molecule has 4 rings (SSSR count). The minimum absolute atomic E-state index is 0.0116. The van der Waals surface area contributed by atoms with E-state index in [2.05, 4.69) is 62.4 Å². The molecular weight excluding hydrogens is 364 g/mol. The maximum atomic E-state index is 13.2. The average Bonchev–Trinajstić information content (AvgIpc) is 2.71. The summed E-state index contributed by atoms with van der Waals surface area (Å²) in [5.74, 6) is 0.777. The first-order valence-electron chi connectivity index (χ1n) is 9.33. The minimum Gasteiger partial charge on any atom is -0.283 e. The summed E-state index contributed by atoms with van der Waals surface area (Å²) in [6, 6.07) is 24.4. The monoisotopic (exact) mass is 386 g/mol. The maximum Gasteiger partial charge on any atom is 0.262 e. The summed E-state index contributed by atoms with van der Waals surface area (Å²) in [7, 11) is 0. The van der Waals surface area contributed by atoms with Crippen LogP contribution >= 0.6 is 11.8 Å². The number of rotatable bonds is 5. The van der Waals surface area contributed by atoms with Crippen LogP contribution < -0.4 is 5.56 Å². The van der Waals surface area contributed by atoms with Crippen molar-refractivity contribution in [1.29, 1.82) is 0 Å². The van der Waals surface area contributed by atoms with Crippen molar-refractivity contribution in [3.05, 3.63) is 105 Å². The smallest absolute Gasteiger partial charge is 0.262 e. The van der Waals surface area contributed by atoms with Gasteiger partial charge >= 0.3 is 0 Å². The number of aryl methyl sites for hydroxylation is 2. The van der Waals surface area contributed by atoms with Crippen LogP contribution in [0.5, 0.6) is 0 Å². The standard InChI is InChI=1S/C24H22N2OS/c1-17-7-11-19(12-8-17)15-26-23(27)21-5-3-4-6-22(21)25-24(26)28-16-20-13-9-18(2)10-14-20/h3-14H,15-16H2,1-2H3. The number of aromatic nitrogens is 2. The van der Waals surface area contributed by atoms with Crippen LogP contribution in [0.2, 0.25) is 0 Å². The molecule has 140 valence electrons. The Labute approximate surface area is 169 Å². The van der Waals surface area contributed by atoms with Crippen LogP contribution in [0.1, 0.15) is 22.3 Å². The highest BCUT2D eigenvalue weighted by atomic mass is 32.2. The molecule has 1 aromatic heterocycles. The fourth-order valence-electron chi connectivity index (χ4n) is 3.11. The highest BCUT2D eigenvalue weighted by Gasteiger charge is 2.12. The van der Waals surface area contributed by atoms with Crippen LogP contribution in [0, 0.1) is 13.8 Å². The molecule has 28 heavy (non-hydrogen) atoms. The lowest BCUT2D eigenvalue weighted by molar-refractivity contribution is 0.658. The first-order chi connectivity index (χ1) is 13.6. The van der Waals surface area contributed by atoms with Gasteiger partial charge in [0.05, 0.1) is 17.4 Å². The van der Waals surface area contributed by atoms with Crippen LogP contribution in [0.3, 0.4) is 0 Å². The lowest BCUT2D eigenvalue weighted by Gasteiger charge is -2.13. The van der Waals surface area contributed by atoms with E-state index in [-0.39, 0.29) is 5.56 Å². The van der Waals surface area contributed by atoms with Crippen LogP contribution in [0.4, 0.5) is 0 Å². The third-order valence-corrected chi connectivity index (χ3v) is 5.82. The molecule has 1 heterocycles. The fourth-order valence-corrected chi connectivity index (χ4v) is 4.06. The molecule has 0 radical (unpaired) electrons. The maximum absolute atomic E-state index is 13.2. The van der Waals surface area contributed by atoms with Gasteiger partial charge in [0.25, 0.3) is 5.56 Å². The Morgan fingerprint density at radius 2 is 1.43 bits per heavy atom. The molecule has 0 aliphatic heterocycles. The van der Waals surface area contributed by atoms with E-state index in [4.69, 9.17) is 4.98 Å². The Balaban J connectivity index is 1.73. The third-order valence-electron chi connectivity index (χ3n) is 4.78. The van der Waals surface area contributed by atoms with Gasteiger partial charge in [0, 0.05) is 5.75 Å². The summed E-state index contributed by atoms with van der Waals surface area (Å²) < 4.78 is 1.80. The molecule has 0 aliphatic rings. The van der Waals surface area contributed by atoms with Crippen molar-refractivity contribution < 1.29 is 0 Å². The largest absolute Gasteiger partial charge is 0.283 e. The summed E-state index contributed by atoms with van der Waals surface area (Å²) in [4.78, 5) is 18.0. The van der Waals surface area contributed by atoms with Crippen LogP contribution in [-0.4, -0.2) is 9.55 Å². The van der Waals surface area contributed by atoms with Gasteiger partial charge in [-0.3, -0.25) is 9.36 Å². The third kappa shape index (κ3) is 4.02. The fraction of sp³-hybridized carbons (Fsp3) is 0.167. The summed E-state index contributed by atoms with van der Waals surface area (Å²) in [5.41, 5.74) is 5.54. The Kier molecular flexibility index (Phi) is 5.31. The van der Waals surface area contributed by atoms with Crippen molar-refractivity contribution in [1.82, 2.24) is 9.55 Å². The van der Waals surface area contributed by atoms with Gasteiger partial charge in [-0.2, -0.15) is 0 Å². The SMILES string of the molecule is Cc1ccc(CSc2nc3ccccc3c(=O)n2Cc2ccc(C)cc2)cc1. The molecule has 4 heteroatoms. The van der Waals surface area contributed by atoms with Gasteiger partial charge < -0.3 is 0 Å². The molecule has 0 saturated carbocycles. The average molecular weight is 387 g/mol. The molecule has 4 aromatic rings. The Hall–Kier alpha value is -2.85. The molecular formula is C24H22N2OS. The Bertz CT molecular complexity index is 1160. The zero-order chi connectivity index (χ0) is 19.5. The van der Waals surface area contributed by atoms with Gasteiger partial charge in [0.2, 0.25) is 0 Å². The van der Waals surface area contributed by atoms with Crippen molar-refractivity contribution in [3.63, 3.8) is 0 Å². The molecule has 0 bridgehead atoms. The van der Waals surface area contributed by atoms with Gasteiger partial charge in [-0.15, -0.1) is 0 Å². The number of hydrogen-bond acceptors (Lipinski definition) is 3. The van der Waals surface area contributed by atoms with Crippen LogP contribution in [-0.2, 0) is 12.3 Å². The van der Waals surface area contributed by atoms with Gasteiger partial charge in [0.1, 0.15) is 0 Å². The lowest BCUT2D eigenvalue weighted by Crippen LogP contribution is -2.24. The molecule has 0 unspecified atom stereocenters. The van der Waals surface area contributed by atoms with E-state index in [9.17, 15) is 4.79 Å². The van der Waals surface area contributed by atoms with E-state index < -0.39 is 0 Å². The van der Waals surface area contributed by atoms with E-state index in [0.29, 0.717) is 11.9 Å². The normalized spacial score (nSPS) is 11.1. The summed E-state index contributed by atoms with van der Waals surface area (Å²) in [6.07, 6.45) is 0. The van der Waals surface area contributed by atoms with E-state index >= 15 is 0 Å². The first kappa shape index (κ1) is 18.5. The van der Waals surface area contributed by atoms with Gasteiger partial charge in [0.15, 0.2) is 5.16 Å². The van der Waals surface area contributed by atoms with Gasteiger partial charge in [-0.1, -0.05) is 83.6 Å². The van der Waals surface area contributed by atoms with E-state index in [1.807, 2.05) is 24.3 Å². The second-order valence-electron chi connectivity index (χ2n) is 7.06. The second-order valence-corrected chi connectivity index (χ2v) is 8.01. The molecule has 3 nitrogen and oxygen atoms in total. The predicted molar refractivity (Wildman–Crippen MR) is 117 cm³/mol. The van der Waals surface area contributed by atoms with E-state index in [1.165, 1.54) is 16.7 Å². The molecule has 0 spiro atoms. The number of para-hydroxylation sites is 1. The quantitative estimate of drug-likeness (QED) is 0.342. The van der Waals surface area contributed by atoms with Gasteiger partial charge in [-0.05, 0) is 37.1 Å². The first-order valence-corrected chi connectivity index (χ1v) is 10.3. The zero-order valence-corrected chi connectivity index (χ0v) is 16.9. The van der Waals surface area contributed by atoms with Crippen LogP contribution in [0.15, 0.2) is 82.7 Å². The predicted octanol–water partition coefficient (Wildman–Crippen LogP) is 5.35. The summed E-state index contributed by atoms with van der Waals surface area (Å²) in [6.45, 7) is 4.67. The lowest BCUT2D eigenvalue weighted by atomic mass is 10.1. The van der Waals surface area contributed by atoms with E-state index in [0.717, 1.165) is 22.0 Å². The minimum atomic E-state index is 0.0116. The molecule has 0 saturated heterocycles. The summed E-state index contributed by atoms with van der Waals surface area (Å²) >= 11 is 1.61. The number of hydrogen-bond donors (Lipinski definition) is 0. The number of benzene rings is 3. The topological polar surface area (TPSA) is 34.9 Å². The van der Waals surface area contributed by atoms with Crippen LogP contribution in [0.25, 0.3) is 10.9 Å². The second kappa shape index (κ2) is 8.03. The Morgan fingerprint density at radius 1 is 0.821 bits per heavy atom. The number of thioether (sulfide) groups is 1. The molecule has 0 amide bonds. The van der Waals surface area contributed by atoms with Crippen molar-refractivity contribution >= 4 is 22.7 Å². The molecule has 3 aromatic carbocycles. The molecule has 0 atom stereocenters. The summed E-state index contributed by atoms with van der Waals surface area (Å²) in [5, 5.41) is 1.42. The van der Waals surface area contributed by atoms with Crippen molar-refractivity contribution in [2.75, 3.05) is 0 Å². The highest BCUT2D eigenvalue weighted by molar-refractivity contribution is 7.98. The van der Waals surface area contributed by atoms with Crippen molar-refractivity contribution in [2.45, 2.75) is 31.3 Å². The molecule has 0 fully saturated rings. The molecule has 0 aliphatic carbocycles. The number of nitrogens with zero attached hydrogens (tertiary/aromatic N) is 2. The van der Waals surface area contributed by atoms with Gasteiger partial charge in [-0.25, -0.2) is 4.98 Å². The van der Waals surface area contributed by atoms with Crippen molar-refractivity contribution in [2.24, 2.45) is 0 Å².